The van der Waals surface area contributed by atoms with Crippen LogP contribution >= 0.6 is 23.4 Å². The Balaban J connectivity index is 2.01. The molecule has 0 atom stereocenters. The van der Waals surface area contributed by atoms with Gasteiger partial charge in [0.25, 0.3) is 0 Å². The van der Waals surface area contributed by atoms with Crippen LogP contribution in [0.5, 0.6) is 0 Å². The van der Waals surface area contributed by atoms with Crippen LogP contribution in [0.4, 0.5) is 0 Å². The van der Waals surface area contributed by atoms with Crippen molar-refractivity contribution in [2.45, 2.75) is 5.03 Å². The lowest BCUT2D eigenvalue weighted by Crippen LogP contribution is -2.31. The second kappa shape index (κ2) is 5.98. The third-order valence-electron chi connectivity index (χ3n) is 3.87. The summed E-state index contributed by atoms with van der Waals surface area (Å²) in [5.74, 6) is 5.13. The van der Waals surface area contributed by atoms with Crippen molar-refractivity contribution in [1.82, 2.24) is 15.4 Å². The summed E-state index contributed by atoms with van der Waals surface area (Å²) in [6.45, 7) is 0. The molecule has 0 aliphatic heterocycles. The first kappa shape index (κ1) is 15.3. The molecule has 2 heterocycles. The summed E-state index contributed by atoms with van der Waals surface area (Å²) in [7, 11) is 0. The van der Waals surface area contributed by atoms with E-state index in [1.54, 1.807) is 0 Å². The number of aromatic amines is 1. The molecule has 4 rings (SSSR count). The summed E-state index contributed by atoms with van der Waals surface area (Å²) < 4.78 is 0. The van der Waals surface area contributed by atoms with Gasteiger partial charge >= 0.3 is 0 Å². The van der Waals surface area contributed by atoms with Crippen LogP contribution in [-0.4, -0.2) is 21.6 Å². The Morgan fingerprint density at radius 3 is 2.79 bits per heavy atom. The van der Waals surface area contributed by atoms with E-state index in [2.05, 4.69) is 10.4 Å². The minimum Gasteiger partial charge on any atom is -0.353 e. The largest absolute Gasteiger partial charge is 0.353 e. The van der Waals surface area contributed by atoms with Gasteiger partial charge in [-0.15, -0.1) is 0 Å². The van der Waals surface area contributed by atoms with Crippen LogP contribution in [0.2, 0.25) is 5.02 Å². The molecule has 4 N–H and O–H groups in total. The highest BCUT2D eigenvalue weighted by Gasteiger charge is 2.14. The number of H-pyrrole nitrogens is 1. The number of nitrogens with zero attached hydrogens (tertiary/aromatic N) is 1. The van der Waals surface area contributed by atoms with Crippen molar-refractivity contribution < 1.29 is 4.79 Å². The van der Waals surface area contributed by atoms with Crippen LogP contribution in [-0.2, 0) is 4.79 Å². The molecule has 0 saturated carbocycles. The maximum absolute atomic E-state index is 11.5. The summed E-state index contributed by atoms with van der Waals surface area (Å²) in [5, 5.41) is 4.48. The van der Waals surface area contributed by atoms with Crippen LogP contribution in [0.15, 0.2) is 47.5 Å². The van der Waals surface area contributed by atoms with Crippen molar-refractivity contribution in [2.24, 2.45) is 5.84 Å². The number of hydrogen-bond acceptors (Lipinski definition) is 4. The van der Waals surface area contributed by atoms with Gasteiger partial charge in [-0.1, -0.05) is 47.6 Å². The molecule has 0 spiro atoms. The van der Waals surface area contributed by atoms with Gasteiger partial charge < -0.3 is 4.98 Å². The molecule has 0 aliphatic rings. The number of halogens is 1. The number of carbonyl (C=O) groups excluding carboxylic acids is 1. The number of hydrazine groups is 1. The Hall–Kier alpha value is -2.28. The normalized spacial score (nSPS) is 11.4. The van der Waals surface area contributed by atoms with Crippen molar-refractivity contribution in [3.8, 4) is 0 Å². The van der Waals surface area contributed by atoms with Crippen LogP contribution in [0, 0.1) is 0 Å². The predicted molar refractivity (Wildman–Crippen MR) is 99.2 cm³/mol. The van der Waals surface area contributed by atoms with Crippen molar-refractivity contribution >= 4 is 62.0 Å². The molecular weight excluding hydrogens is 344 g/mol. The fourth-order valence-electron chi connectivity index (χ4n) is 2.80. The third kappa shape index (κ3) is 2.49. The number of rotatable bonds is 3. The number of carbonyl (C=O) groups is 1. The number of fused-ring (bicyclic) bond motifs is 5. The predicted octanol–water partition coefficient (Wildman–Crippen LogP) is 3.60. The second-order valence-electron chi connectivity index (χ2n) is 5.36. The monoisotopic (exact) mass is 356 g/mol. The molecule has 0 unspecified atom stereocenters. The lowest BCUT2D eigenvalue weighted by atomic mass is 10.1. The molecule has 7 heteroatoms. The van der Waals surface area contributed by atoms with E-state index in [1.165, 1.54) is 11.8 Å². The molecule has 2 aromatic heterocycles. The maximum atomic E-state index is 11.5. The third-order valence-corrected chi connectivity index (χ3v) is 5.10. The summed E-state index contributed by atoms with van der Waals surface area (Å²) in [6, 6.07) is 13.7. The van der Waals surface area contributed by atoms with E-state index in [4.69, 9.17) is 22.4 Å². The fraction of sp³-hybridized carbons (Fsp3) is 0.0588. The molecular formula is C17H13ClN4OS. The summed E-state index contributed by atoms with van der Waals surface area (Å²) >= 11 is 7.51. The van der Waals surface area contributed by atoms with E-state index in [1.807, 2.05) is 42.5 Å². The molecule has 2 aromatic carbocycles. The van der Waals surface area contributed by atoms with Gasteiger partial charge in [0.2, 0.25) is 5.91 Å². The van der Waals surface area contributed by atoms with Gasteiger partial charge in [-0.25, -0.2) is 10.8 Å². The Morgan fingerprint density at radius 2 is 2.00 bits per heavy atom. The standard InChI is InChI=1S/C17H13ClN4OS/c18-9-5-6-13-12(7-9)16-15(20-13)10-3-1-2-4-11(10)17(21-16)24-8-14(23)22-19/h1-7,20H,8,19H2,(H,22,23). The molecule has 0 aliphatic carbocycles. The van der Waals surface area contributed by atoms with Crippen molar-refractivity contribution in [1.29, 1.82) is 0 Å². The average Bonchev–Trinajstić information content (AvgIpc) is 2.97. The van der Waals surface area contributed by atoms with Gasteiger partial charge in [0, 0.05) is 26.7 Å². The molecule has 5 nitrogen and oxygen atoms in total. The SMILES string of the molecule is NNC(=O)CSc1nc2c3cc(Cl)ccc3[nH]c2c2ccccc12. The lowest BCUT2D eigenvalue weighted by molar-refractivity contribution is -0.118. The van der Waals surface area contributed by atoms with E-state index in [0.717, 1.165) is 37.7 Å². The minimum atomic E-state index is -0.243. The van der Waals surface area contributed by atoms with E-state index >= 15 is 0 Å². The highest BCUT2D eigenvalue weighted by atomic mass is 35.5. The van der Waals surface area contributed by atoms with Gasteiger partial charge in [-0.3, -0.25) is 10.2 Å². The zero-order valence-corrected chi connectivity index (χ0v) is 14.0. The van der Waals surface area contributed by atoms with E-state index in [-0.39, 0.29) is 11.7 Å². The first-order chi connectivity index (χ1) is 11.7. The number of aromatic nitrogens is 2. The Morgan fingerprint density at radius 1 is 1.21 bits per heavy atom. The minimum absolute atomic E-state index is 0.210. The number of nitrogens with one attached hydrogen (secondary N) is 2. The van der Waals surface area contributed by atoms with E-state index < -0.39 is 0 Å². The number of nitrogens with two attached hydrogens (primary N) is 1. The van der Waals surface area contributed by atoms with Gasteiger partial charge in [0.05, 0.1) is 16.8 Å². The van der Waals surface area contributed by atoms with Crippen LogP contribution in [0.25, 0.3) is 32.7 Å². The number of amides is 1. The van der Waals surface area contributed by atoms with Crippen molar-refractivity contribution in [3.05, 3.63) is 47.5 Å². The second-order valence-corrected chi connectivity index (χ2v) is 6.76. The average molecular weight is 357 g/mol. The lowest BCUT2D eigenvalue weighted by Gasteiger charge is -2.06. The van der Waals surface area contributed by atoms with Gasteiger partial charge in [0.1, 0.15) is 5.03 Å². The molecule has 0 saturated heterocycles. The maximum Gasteiger partial charge on any atom is 0.244 e. The fourth-order valence-corrected chi connectivity index (χ4v) is 3.81. The van der Waals surface area contributed by atoms with E-state index in [0.29, 0.717) is 5.02 Å². The summed E-state index contributed by atoms with van der Waals surface area (Å²) in [5.41, 5.74) is 4.94. The van der Waals surface area contributed by atoms with Crippen molar-refractivity contribution in [2.75, 3.05) is 5.75 Å². The highest BCUT2D eigenvalue weighted by molar-refractivity contribution is 8.00. The number of hydrogen-bond donors (Lipinski definition) is 3. The highest BCUT2D eigenvalue weighted by Crippen LogP contribution is 2.35. The first-order valence-corrected chi connectivity index (χ1v) is 8.65. The Bertz CT molecular complexity index is 1090. The summed E-state index contributed by atoms with van der Waals surface area (Å²) in [6.07, 6.45) is 0. The molecule has 24 heavy (non-hydrogen) atoms. The van der Waals surface area contributed by atoms with Gasteiger partial charge in [0.15, 0.2) is 0 Å². The topological polar surface area (TPSA) is 83.8 Å². The molecule has 0 bridgehead atoms. The summed E-state index contributed by atoms with van der Waals surface area (Å²) in [4.78, 5) is 19.7. The zero-order valence-electron chi connectivity index (χ0n) is 12.5. The number of benzene rings is 2. The number of thioether (sulfide) groups is 1. The van der Waals surface area contributed by atoms with E-state index in [9.17, 15) is 4.79 Å². The Kier molecular flexibility index (Phi) is 3.80. The van der Waals surface area contributed by atoms with Crippen LogP contribution in [0.3, 0.4) is 0 Å². The molecule has 120 valence electrons. The first-order valence-electron chi connectivity index (χ1n) is 7.29. The Labute approximate surface area is 146 Å². The van der Waals surface area contributed by atoms with Crippen LogP contribution < -0.4 is 11.3 Å². The van der Waals surface area contributed by atoms with Crippen LogP contribution in [0.1, 0.15) is 0 Å². The quantitative estimate of drug-likeness (QED) is 0.226. The van der Waals surface area contributed by atoms with Gasteiger partial charge in [-0.2, -0.15) is 0 Å². The smallest absolute Gasteiger partial charge is 0.244 e. The van der Waals surface area contributed by atoms with Crippen molar-refractivity contribution in [3.63, 3.8) is 0 Å². The van der Waals surface area contributed by atoms with Gasteiger partial charge in [-0.05, 0) is 18.2 Å². The molecule has 0 fully saturated rings. The number of pyridine rings is 1. The molecule has 4 aromatic rings. The molecule has 0 radical (unpaired) electrons. The zero-order chi connectivity index (χ0) is 16.7. The molecule has 1 amide bonds.